The van der Waals surface area contributed by atoms with E-state index in [0.717, 1.165) is 24.8 Å². The summed E-state index contributed by atoms with van der Waals surface area (Å²) < 4.78 is 29.0. The Morgan fingerprint density at radius 1 is 1.16 bits per heavy atom. The standard InChI is InChI=1S/C19H23BrClNO2S/c1-13-12-19(14(2)11-18(13)21)25(23,24)22-9-7-15(8-10-22)16-5-3-4-6-17(16)20/h3,5-6,11-12,15-16H,4,7-10H2,1-2H3. The molecule has 0 N–H and O–H groups in total. The van der Waals surface area contributed by atoms with Crippen LogP contribution in [0.5, 0.6) is 0 Å². The van der Waals surface area contributed by atoms with Gasteiger partial charge in [-0.05, 0) is 66.8 Å². The Morgan fingerprint density at radius 2 is 1.84 bits per heavy atom. The molecule has 1 aromatic rings. The maximum Gasteiger partial charge on any atom is 0.243 e. The summed E-state index contributed by atoms with van der Waals surface area (Å²) in [6.07, 6.45) is 9.38. The number of sulfonamides is 1. The van der Waals surface area contributed by atoms with Gasteiger partial charge in [-0.25, -0.2) is 8.42 Å². The molecule has 1 atom stereocenters. The maximum atomic E-state index is 13.1. The average Bonchev–Trinajstić information content (AvgIpc) is 2.58. The highest BCUT2D eigenvalue weighted by Gasteiger charge is 2.33. The largest absolute Gasteiger partial charge is 0.243 e. The van der Waals surface area contributed by atoms with Crippen molar-refractivity contribution in [3.63, 3.8) is 0 Å². The van der Waals surface area contributed by atoms with Crippen LogP contribution in [0.3, 0.4) is 0 Å². The van der Waals surface area contributed by atoms with Gasteiger partial charge in [0.05, 0.1) is 4.90 Å². The molecule has 0 saturated carbocycles. The van der Waals surface area contributed by atoms with Crippen molar-refractivity contribution in [3.05, 3.63) is 51.0 Å². The second kappa shape index (κ2) is 7.55. The molecule has 2 aliphatic rings. The molecule has 3 nitrogen and oxygen atoms in total. The van der Waals surface area contributed by atoms with E-state index < -0.39 is 10.0 Å². The summed E-state index contributed by atoms with van der Waals surface area (Å²) in [6, 6.07) is 3.44. The maximum absolute atomic E-state index is 13.1. The van der Waals surface area contributed by atoms with Crippen molar-refractivity contribution in [2.24, 2.45) is 11.8 Å². The summed E-state index contributed by atoms with van der Waals surface area (Å²) in [6.45, 7) is 4.78. The van der Waals surface area contributed by atoms with E-state index in [0.29, 0.717) is 40.4 Å². The molecule has 1 fully saturated rings. The molecule has 3 rings (SSSR count). The Labute approximate surface area is 163 Å². The van der Waals surface area contributed by atoms with Gasteiger partial charge in [-0.3, -0.25) is 0 Å². The highest BCUT2D eigenvalue weighted by Crippen LogP contribution is 2.37. The number of hydrogen-bond donors (Lipinski definition) is 0. The van der Waals surface area contributed by atoms with Crippen LogP contribution in [0, 0.1) is 25.7 Å². The van der Waals surface area contributed by atoms with Gasteiger partial charge in [-0.2, -0.15) is 4.31 Å². The SMILES string of the molecule is Cc1cc(S(=O)(=O)N2CCC(C3C=CCC=C3Br)CC2)c(C)cc1Cl. The third-order valence-corrected chi connectivity index (χ3v) is 8.49. The molecular weight excluding hydrogens is 422 g/mol. The quantitative estimate of drug-likeness (QED) is 0.600. The van der Waals surface area contributed by atoms with Crippen molar-refractivity contribution in [2.75, 3.05) is 13.1 Å². The van der Waals surface area contributed by atoms with Gasteiger partial charge in [-0.15, -0.1) is 0 Å². The first-order valence-electron chi connectivity index (χ1n) is 8.60. The molecule has 25 heavy (non-hydrogen) atoms. The average molecular weight is 445 g/mol. The van der Waals surface area contributed by atoms with Crippen LogP contribution in [0.25, 0.3) is 0 Å². The monoisotopic (exact) mass is 443 g/mol. The van der Waals surface area contributed by atoms with Gasteiger partial charge in [-0.1, -0.05) is 45.8 Å². The molecule has 0 aromatic heterocycles. The zero-order chi connectivity index (χ0) is 18.2. The van der Waals surface area contributed by atoms with E-state index in [9.17, 15) is 8.42 Å². The van der Waals surface area contributed by atoms with Gasteiger partial charge in [0, 0.05) is 24.0 Å². The predicted octanol–water partition coefficient (Wildman–Crippen LogP) is 5.21. The minimum atomic E-state index is -3.47. The van der Waals surface area contributed by atoms with E-state index >= 15 is 0 Å². The van der Waals surface area contributed by atoms with E-state index in [1.54, 1.807) is 23.4 Å². The van der Waals surface area contributed by atoms with Crippen LogP contribution in [0.2, 0.25) is 5.02 Å². The third kappa shape index (κ3) is 3.90. The molecular formula is C19H23BrClNO2S. The Balaban J connectivity index is 1.76. The first kappa shape index (κ1) is 19.2. The normalized spacial score (nSPS) is 22.9. The van der Waals surface area contributed by atoms with Crippen molar-refractivity contribution >= 4 is 37.6 Å². The lowest BCUT2D eigenvalue weighted by atomic mass is 9.83. The van der Waals surface area contributed by atoms with Gasteiger partial charge in [0.1, 0.15) is 0 Å². The van der Waals surface area contributed by atoms with Crippen LogP contribution in [0.15, 0.2) is 39.7 Å². The molecule has 1 unspecified atom stereocenters. The van der Waals surface area contributed by atoms with Gasteiger partial charge in [0.15, 0.2) is 0 Å². The Kier molecular flexibility index (Phi) is 5.78. The van der Waals surface area contributed by atoms with Gasteiger partial charge < -0.3 is 0 Å². The lowest BCUT2D eigenvalue weighted by Crippen LogP contribution is -2.40. The number of benzene rings is 1. The first-order chi connectivity index (χ1) is 11.8. The number of hydrogen-bond acceptors (Lipinski definition) is 2. The Bertz CT molecular complexity index is 824. The molecule has 0 amide bonds. The second-order valence-electron chi connectivity index (χ2n) is 6.89. The van der Waals surface area contributed by atoms with Crippen molar-refractivity contribution in [3.8, 4) is 0 Å². The minimum Gasteiger partial charge on any atom is -0.207 e. The molecule has 0 radical (unpaired) electrons. The van der Waals surface area contributed by atoms with E-state index in [4.69, 9.17) is 11.6 Å². The van der Waals surface area contributed by atoms with Crippen LogP contribution in [0.1, 0.15) is 30.4 Å². The highest BCUT2D eigenvalue weighted by atomic mass is 79.9. The predicted molar refractivity (Wildman–Crippen MR) is 107 cm³/mol. The lowest BCUT2D eigenvalue weighted by Gasteiger charge is -2.35. The summed E-state index contributed by atoms with van der Waals surface area (Å²) in [4.78, 5) is 0.381. The van der Waals surface area contributed by atoms with Crippen molar-refractivity contribution in [1.29, 1.82) is 0 Å². The molecule has 1 aromatic carbocycles. The van der Waals surface area contributed by atoms with E-state index in [1.807, 2.05) is 6.92 Å². The zero-order valence-corrected chi connectivity index (χ0v) is 17.7. The number of rotatable bonds is 3. The Morgan fingerprint density at radius 3 is 2.48 bits per heavy atom. The molecule has 1 aliphatic heterocycles. The molecule has 1 heterocycles. The second-order valence-corrected chi connectivity index (χ2v) is 10.1. The van der Waals surface area contributed by atoms with E-state index in [2.05, 4.69) is 34.2 Å². The zero-order valence-electron chi connectivity index (χ0n) is 14.5. The fourth-order valence-corrected chi connectivity index (χ4v) is 6.36. The molecule has 136 valence electrons. The van der Waals surface area contributed by atoms with Crippen molar-refractivity contribution < 1.29 is 8.42 Å². The van der Waals surface area contributed by atoms with Crippen LogP contribution in [-0.4, -0.2) is 25.8 Å². The smallest absolute Gasteiger partial charge is 0.207 e. The molecule has 1 aliphatic carbocycles. The summed E-state index contributed by atoms with van der Waals surface area (Å²) in [5, 5.41) is 0.607. The van der Waals surface area contributed by atoms with E-state index in [1.165, 1.54) is 4.48 Å². The summed E-state index contributed by atoms with van der Waals surface area (Å²) in [5.74, 6) is 0.875. The van der Waals surface area contributed by atoms with Gasteiger partial charge >= 0.3 is 0 Å². The van der Waals surface area contributed by atoms with Crippen molar-refractivity contribution in [1.82, 2.24) is 4.31 Å². The fraction of sp³-hybridized carbons (Fsp3) is 0.474. The highest BCUT2D eigenvalue weighted by molar-refractivity contribution is 9.11. The lowest BCUT2D eigenvalue weighted by molar-refractivity contribution is 0.248. The first-order valence-corrected chi connectivity index (χ1v) is 11.2. The van der Waals surface area contributed by atoms with Crippen LogP contribution in [0.4, 0.5) is 0 Å². The number of nitrogens with zero attached hydrogens (tertiary/aromatic N) is 1. The van der Waals surface area contributed by atoms with Crippen LogP contribution in [-0.2, 0) is 10.0 Å². The van der Waals surface area contributed by atoms with Crippen molar-refractivity contribution in [2.45, 2.75) is 38.0 Å². The fourth-order valence-electron chi connectivity index (χ4n) is 3.66. The number of halogens is 2. The summed E-state index contributed by atoms with van der Waals surface area (Å²) in [5.41, 5.74) is 1.50. The minimum absolute atomic E-state index is 0.381. The summed E-state index contributed by atoms with van der Waals surface area (Å²) in [7, 11) is -3.47. The topological polar surface area (TPSA) is 37.4 Å². The number of allylic oxidation sites excluding steroid dienone is 4. The number of aryl methyl sites for hydroxylation is 2. The summed E-state index contributed by atoms with van der Waals surface area (Å²) >= 11 is 9.79. The Hall–Kier alpha value is -0.620. The van der Waals surface area contributed by atoms with E-state index in [-0.39, 0.29) is 0 Å². The molecule has 0 spiro atoms. The molecule has 1 saturated heterocycles. The molecule has 0 bridgehead atoms. The molecule has 6 heteroatoms. The third-order valence-electron chi connectivity index (χ3n) is 5.19. The van der Waals surface area contributed by atoms with Gasteiger partial charge in [0.25, 0.3) is 0 Å². The van der Waals surface area contributed by atoms with Crippen LogP contribution < -0.4 is 0 Å². The van der Waals surface area contributed by atoms with Crippen LogP contribution >= 0.6 is 27.5 Å². The number of piperidine rings is 1. The van der Waals surface area contributed by atoms with Gasteiger partial charge in [0.2, 0.25) is 10.0 Å².